The van der Waals surface area contributed by atoms with E-state index < -0.39 is 11.9 Å². The third-order valence-corrected chi connectivity index (χ3v) is 5.51. The lowest BCUT2D eigenvalue weighted by Gasteiger charge is -2.13. The zero-order valence-corrected chi connectivity index (χ0v) is 19.3. The molecular formula is C20H23Cl2N2O5S-. The molecule has 0 unspecified atom stereocenters. The number of benzene rings is 1. The first-order valence-corrected chi connectivity index (χ1v) is 10.9. The normalized spacial score (nSPS) is 11.1. The summed E-state index contributed by atoms with van der Waals surface area (Å²) >= 11 is 13.8. The molecule has 1 aromatic heterocycles. The largest absolute Gasteiger partial charge is 0.550 e. The van der Waals surface area contributed by atoms with E-state index in [1.165, 1.54) is 11.8 Å². The second-order valence-corrected chi connectivity index (χ2v) is 8.70. The molecule has 1 aromatic carbocycles. The second kappa shape index (κ2) is 11.6. The van der Waals surface area contributed by atoms with Crippen molar-refractivity contribution in [2.24, 2.45) is 0 Å². The molecule has 2 rings (SSSR count). The Bertz CT molecular complexity index is 881. The first-order chi connectivity index (χ1) is 14.2. The summed E-state index contributed by atoms with van der Waals surface area (Å²) in [6, 6.07) is 5.35. The van der Waals surface area contributed by atoms with Crippen LogP contribution in [0.2, 0.25) is 10.0 Å². The van der Waals surface area contributed by atoms with Crippen LogP contribution in [0.4, 0.5) is 0 Å². The fourth-order valence-electron chi connectivity index (χ4n) is 2.55. The van der Waals surface area contributed by atoms with Crippen molar-refractivity contribution in [1.82, 2.24) is 9.55 Å². The smallest absolute Gasteiger partial charge is 0.306 e. The molecule has 0 atom stereocenters. The van der Waals surface area contributed by atoms with Crippen LogP contribution in [0.1, 0.15) is 44.1 Å². The Hall–Kier alpha value is -1.74. The van der Waals surface area contributed by atoms with Gasteiger partial charge in [0.1, 0.15) is 24.2 Å². The van der Waals surface area contributed by atoms with Crippen LogP contribution in [0, 0.1) is 6.92 Å². The summed E-state index contributed by atoms with van der Waals surface area (Å²) in [4.78, 5) is 27.3. The number of halogens is 2. The average Bonchev–Trinajstić information content (AvgIpc) is 2.95. The summed E-state index contributed by atoms with van der Waals surface area (Å²) in [5.74, 6) is -0.893. The lowest BCUT2D eigenvalue weighted by molar-refractivity contribution is -0.305. The first kappa shape index (κ1) is 24.5. The number of esters is 1. The number of hydrogen-bond acceptors (Lipinski definition) is 7. The van der Waals surface area contributed by atoms with Crippen molar-refractivity contribution in [3.63, 3.8) is 0 Å². The maximum atomic E-state index is 11.4. The molecule has 0 aliphatic heterocycles. The molecule has 0 saturated carbocycles. The molecule has 0 aliphatic carbocycles. The number of hydrogen-bond donors (Lipinski definition) is 0. The molecule has 30 heavy (non-hydrogen) atoms. The van der Waals surface area contributed by atoms with Crippen molar-refractivity contribution >= 4 is 46.9 Å². The predicted octanol–water partition coefficient (Wildman–Crippen LogP) is 3.82. The predicted molar refractivity (Wildman–Crippen MR) is 113 cm³/mol. The molecule has 0 aliphatic rings. The lowest BCUT2D eigenvalue weighted by Crippen LogP contribution is -2.23. The molecule has 0 amide bonds. The monoisotopic (exact) mass is 473 g/mol. The van der Waals surface area contributed by atoms with Gasteiger partial charge in [0.15, 0.2) is 0 Å². The average molecular weight is 474 g/mol. The number of nitrogens with zero attached hydrogens (tertiary/aromatic N) is 2. The number of carbonyl (C=O) groups is 2. The highest BCUT2D eigenvalue weighted by Gasteiger charge is 2.19. The molecule has 0 bridgehead atoms. The zero-order valence-electron chi connectivity index (χ0n) is 16.9. The van der Waals surface area contributed by atoms with Gasteiger partial charge in [0.05, 0.1) is 18.7 Å². The molecule has 0 saturated heterocycles. The van der Waals surface area contributed by atoms with Gasteiger partial charge in [-0.25, -0.2) is 4.98 Å². The Morgan fingerprint density at radius 3 is 2.43 bits per heavy atom. The highest BCUT2D eigenvalue weighted by molar-refractivity contribution is 7.99. The SMILES string of the molecule is Cc1nc(C(C)C)c(Sc2cc(Cl)cc(Cl)c2)n1COCCOC(=O)CCC(=O)[O-]. The summed E-state index contributed by atoms with van der Waals surface area (Å²) in [5, 5.41) is 12.4. The first-order valence-electron chi connectivity index (χ1n) is 9.31. The van der Waals surface area contributed by atoms with E-state index in [2.05, 4.69) is 18.8 Å². The number of aromatic nitrogens is 2. The second-order valence-electron chi connectivity index (χ2n) is 6.77. The number of aliphatic carboxylic acids is 1. The summed E-state index contributed by atoms with van der Waals surface area (Å²) in [6.45, 7) is 6.44. The number of carboxylic acid groups (broad SMARTS) is 1. The van der Waals surface area contributed by atoms with Gasteiger partial charge in [-0.15, -0.1) is 0 Å². The summed E-state index contributed by atoms with van der Waals surface area (Å²) in [5.41, 5.74) is 0.936. The van der Waals surface area contributed by atoms with Gasteiger partial charge in [0.2, 0.25) is 0 Å². The van der Waals surface area contributed by atoms with Gasteiger partial charge >= 0.3 is 5.97 Å². The van der Waals surface area contributed by atoms with Gasteiger partial charge in [-0.3, -0.25) is 9.36 Å². The molecule has 0 spiro atoms. The van der Waals surface area contributed by atoms with E-state index in [4.69, 9.17) is 32.7 Å². The molecular weight excluding hydrogens is 451 g/mol. The fourth-order valence-corrected chi connectivity index (χ4v) is 4.48. The van der Waals surface area contributed by atoms with E-state index in [0.717, 1.165) is 21.4 Å². The summed E-state index contributed by atoms with van der Waals surface area (Å²) in [6.07, 6.45) is -0.580. The molecule has 0 radical (unpaired) electrons. The third kappa shape index (κ3) is 7.50. The van der Waals surface area contributed by atoms with Crippen LogP contribution in [0.3, 0.4) is 0 Å². The van der Waals surface area contributed by atoms with Crippen molar-refractivity contribution in [2.75, 3.05) is 13.2 Å². The number of aryl methyl sites for hydroxylation is 1. The van der Waals surface area contributed by atoms with Crippen molar-refractivity contribution < 1.29 is 24.2 Å². The molecule has 0 N–H and O–H groups in total. The Kier molecular flexibility index (Phi) is 9.48. The van der Waals surface area contributed by atoms with E-state index in [1.807, 2.05) is 23.6 Å². The number of rotatable bonds is 11. The van der Waals surface area contributed by atoms with Crippen molar-refractivity contribution in [3.8, 4) is 0 Å². The van der Waals surface area contributed by atoms with Crippen LogP contribution in [0.25, 0.3) is 0 Å². The van der Waals surface area contributed by atoms with Crippen LogP contribution < -0.4 is 5.11 Å². The van der Waals surface area contributed by atoms with Crippen LogP contribution in [0.15, 0.2) is 28.1 Å². The van der Waals surface area contributed by atoms with Gasteiger partial charge in [-0.1, -0.05) is 48.8 Å². The van der Waals surface area contributed by atoms with Crippen LogP contribution in [-0.4, -0.2) is 34.7 Å². The van der Waals surface area contributed by atoms with Gasteiger partial charge in [-0.2, -0.15) is 0 Å². The van der Waals surface area contributed by atoms with Gasteiger partial charge in [-0.05, 0) is 37.5 Å². The Balaban J connectivity index is 2.01. The summed E-state index contributed by atoms with van der Waals surface area (Å²) < 4.78 is 12.5. The maximum Gasteiger partial charge on any atom is 0.306 e. The van der Waals surface area contributed by atoms with Crippen molar-refractivity contribution in [2.45, 2.75) is 56.2 Å². The highest BCUT2D eigenvalue weighted by Crippen LogP contribution is 2.37. The molecule has 2 aromatic rings. The van der Waals surface area contributed by atoms with E-state index >= 15 is 0 Å². The molecule has 10 heteroatoms. The van der Waals surface area contributed by atoms with E-state index in [1.54, 1.807) is 6.07 Å². The molecule has 1 heterocycles. The van der Waals surface area contributed by atoms with E-state index in [-0.39, 0.29) is 38.7 Å². The van der Waals surface area contributed by atoms with Crippen molar-refractivity contribution in [3.05, 3.63) is 39.8 Å². The molecule has 7 nitrogen and oxygen atoms in total. The van der Waals surface area contributed by atoms with E-state index in [0.29, 0.717) is 10.0 Å². The van der Waals surface area contributed by atoms with Crippen LogP contribution in [0.5, 0.6) is 0 Å². The Morgan fingerprint density at radius 1 is 1.17 bits per heavy atom. The zero-order chi connectivity index (χ0) is 22.3. The fraction of sp³-hybridized carbons (Fsp3) is 0.450. The van der Waals surface area contributed by atoms with Gasteiger partial charge < -0.3 is 19.4 Å². The third-order valence-electron chi connectivity index (χ3n) is 3.98. The topological polar surface area (TPSA) is 93.5 Å². The summed E-state index contributed by atoms with van der Waals surface area (Å²) in [7, 11) is 0. The number of ether oxygens (including phenoxy) is 2. The van der Waals surface area contributed by atoms with Gasteiger partial charge in [0.25, 0.3) is 0 Å². The van der Waals surface area contributed by atoms with Crippen molar-refractivity contribution in [1.29, 1.82) is 0 Å². The Labute approximate surface area is 189 Å². The maximum absolute atomic E-state index is 11.4. The standard InChI is InChI=1S/C20H24Cl2N2O5S/c1-12(2)19-20(30-16-9-14(21)8-15(22)10-16)24(13(3)23-19)11-28-6-7-29-18(27)5-4-17(25)26/h8-10,12H,4-7,11H2,1-3H3,(H,25,26)/p-1. The minimum absolute atomic E-state index is 0.0308. The number of carboxylic acids is 1. The highest BCUT2D eigenvalue weighted by atomic mass is 35.5. The minimum Gasteiger partial charge on any atom is -0.550 e. The number of imidazole rings is 1. The van der Waals surface area contributed by atoms with E-state index in [9.17, 15) is 14.7 Å². The quantitative estimate of drug-likeness (QED) is 0.361. The lowest BCUT2D eigenvalue weighted by atomic mass is 10.2. The molecule has 164 valence electrons. The minimum atomic E-state index is -1.29. The van der Waals surface area contributed by atoms with Crippen LogP contribution in [-0.2, 0) is 25.8 Å². The van der Waals surface area contributed by atoms with Gasteiger partial charge in [0, 0.05) is 20.9 Å². The molecule has 0 fully saturated rings. The van der Waals surface area contributed by atoms with Crippen LogP contribution >= 0.6 is 35.0 Å². The Morgan fingerprint density at radius 2 is 1.83 bits per heavy atom. The number of carbonyl (C=O) groups excluding carboxylic acids is 2.